The van der Waals surface area contributed by atoms with Crippen LogP contribution in [0.5, 0.6) is 11.5 Å². The van der Waals surface area contributed by atoms with Crippen LogP contribution in [0.3, 0.4) is 0 Å². The van der Waals surface area contributed by atoms with Gasteiger partial charge in [0.05, 0.1) is 6.10 Å². The monoisotopic (exact) mass is 385 g/mol. The van der Waals surface area contributed by atoms with Crippen molar-refractivity contribution in [1.82, 2.24) is 0 Å². The van der Waals surface area contributed by atoms with Crippen molar-refractivity contribution < 1.29 is 29.3 Å². The predicted molar refractivity (Wildman–Crippen MR) is 104 cm³/mol. The molecule has 148 valence electrons. The lowest BCUT2D eigenvalue weighted by Crippen LogP contribution is -2.21. The first-order valence-electron chi connectivity index (χ1n) is 8.81. The van der Waals surface area contributed by atoms with Crippen LogP contribution in [0.15, 0.2) is 60.3 Å². The number of hydrogen-bond donors (Lipinski definition) is 3. The first-order valence-corrected chi connectivity index (χ1v) is 8.81. The molecule has 0 saturated carbocycles. The van der Waals surface area contributed by atoms with Crippen LogP contribution in [-0.2, 0) is 20.9 Å². The molecule has 0 aliphatic rings. The van der Waals surface area contributed by atoms with Gasteiger partial charge >= 0.3 is 11.9 Å². The zero-order chi connectivity index (χ0) is 20.5. The maximum Gasteiger partial charge on any atom is 0.347 e. The van der Waals surface area contributed by atoms with Gasteiger partial charge in [0.1, 0.15) is 6.61 Å². The molecule has 1 unspecified atom stereocenters. The molecular formula is C21H23NO6. The number of carbonyl (C=O) groups excluding carboxylic acids is 1. The van der Waals surface area contributed by atoms with Gasteiger partial charge in [0.2, 0.25) is 0 Å². The average molecular weight is 385 g/mol. The summed E-state index contributed by atoms with van der Waals surface area (Å²) in [4.78, 5) is 23.3. The lowest BCUT2D eigenvalue weighted by molar-refractivity contribution is -0.147. The van der Waals surface area contributed by atoms with Crippen LogP contribution in [0.2, 0.25) is 0 Å². The van der Waals surface area contributed by atoms with E-state index in [1.165, 1.54) is 18.2 Å². The van der Waals surface area contributed by atoms with Crippen molar-refractivity contribution in [3.05, 3.63) is 65.9 Å². The maximum absolute atomic E-state index is 12.0. The number of rotatable bonds is 9. The van der Waals surface area contributed by atoms with E-state index in [-0.39, 0.29) is 24.2 Å². The molecule has 2 aromatic carbocycles. The molecule has 0 aliphatic heterocycles. The second-order valence-corrected chi connectivity index (χ2v) is 6.09. The highest BCUT2D eigenvalue weighted by atomic mass is 16.5. The topological polar surface area (TPSA) is 105 Å². The van der Waals surface area contributed by atoms with Crippen molar-refractivity contribution in [2.24, 2.45) is 0 Å². The Bertz CT molecular complexity index is 847. The zero-order valence-corrected chi connectivity index (χ0v) is 15.7. The fraction of sp³-hybridized carbons (Fsp3) is 0.238. The molecule has 0 saturated heterocycles. The van der Waals surface area contributed by atoms with Gasteiger partial charge in [-0.2, -0.15) is 0 Å². The third kappa shape index (κ3) is 6.05. The number of carboxylic acid groups (broad SMARTS) is 1. The molecule has 0 spiro atoms. The third-order valence-corrected chi connectivity index (χ3v) is 3.91. The third-order valence-electron chi connectivity index (χ3n) is 3.91. The van der Waals surface area contributed by atoms with E-state index in [1.807, 2.05) is 37.3 Å². The second-order valence-electron chi connectivity index (χ2n) is 6.09. The zero-order valence-electron chi connectivity index (χ0n) is 15.7. The fourth-order valence-electron chi connectivity index (χ4n) is 2.15. The number of aliphatic carboxylic acids is 1. The van der Waals surface area contributed by atoms with E-state index in [1.54, 1.807) is 6.92 Å². The summed E-state index contributed by atoms with van der Waals surface area (Å²) in [7, 11) is 0. The molecule has 0 bridgehead atoms. The van der Waals surface area contributed by atoms with Crippen molar-refractivity contribution in [3.63, 3.8) is 0 Å². The summed E-state index contributed by atoms with van der Waals surface area (Å²) >= 11 is 0. The standard InChI is InChI=1S/C21H23NO6/c1-3-14(2)28-21(26)17(20(24)25)12-22-16-9-10-18(23)19(11-16)27-13-15-7-5-4-6-8-15/h4-12,14,22-23H,3,13H2,1-2H3,(H,24,25). The first kappa shape index (κ1) is 20.8. The van der Waals surface area contributed by atoms with Gasteiger partial charge in [-0.15, -0.1) is 0 Å². The van der Waals surface area contributed by atoms with Gasteiger partial charge in [0, 0.05) is 18.0 Å². The Hall–Kier alpha value is -3.48. The maximum atomic E-state index is 12.0. The van der Waals surface area contributed by atoms with E-state index in [9.17, 15) is 19.8 Å². The Balaban J connectivity index is 2.10. The summed E-state index contributed by atoms with van der Waals surface area (Å²) in [6.07, 6.45) is 1.24. The van der Waals surface area contributed by atoms with Crippen molar-refractivity contribution >= 4 is 17.6 Å². The van der Waals surface area contributed by atoms with Gasteiger partial charge in [-0.1, -0.05) is 37.3 Å². The number of ether oxygens (including phenoxy) is 2. The molecular weight excluding hydrogens is 362 g/mol. The highest BCUT2D eigenvalue weighted by molar-refractivity contribution is 6.13. The molecule has 0 radical (unpaired) electrons. The second kappa shape index (κ2) is 10.0. The van der Waals surface area contributed by atoms with Gasteiger partial charge in [0.15, 0.2) is 17.1 Å². The van der Waals surface area contributed by atoms with Crippen LogP contribution in [0.4, 0.5) is 5.69 Å². The van der Waals surface area contributed by atoms with E-state index in [0.29, 0.717) is 12.1 Å². The van der Waals surface area contributed by atoms with Crippen molar-refractivity contribution in [1.29, 1.82) is 0 Å². The summed E-state index contributed by atoms with van der Waals surface area (Å²) in [5.41, 5.74) is 0.845. The lowest BCUT2D eigenvalue weighted by Gasteiger charge is -2.12. The van der Waals surface area contributed by atoms with Crippen LogP contribution in [0.1, 0.15) is 25.8 Å². The Morgan fingerprint density at radius 2 is 1.89 bits per heavy atom. The number of carboxylic acids is 1. The summed E-state index contributed by atoms with van der Waals surface area (Å²) in [6, 6.07) is 13.9. The molecule has 0 aliphatic carbocycles. The van der Waals surface area contributed by atoms with Crippen molar-refractivity contribution in [2.75, 3.05) is 5.32 Å². The van der Waals surface area contributed by atoms with Crippen molar-refractivity contribution in [2.45, 2.75) is 33.0 Å². The Morgan fingerprint density at radius 1 is 1.18 bits per heavy atom. The molecule has 7 heteroatoms. The minimum atomic E-state index is -1.40. The Labute approximate surface area is 163 Å². The quantitative estimate of drug-likeness (QED) is 0.199. The summed E-state index contributed by atoms with van der Waals surface area (Å²) in [5, 5.41) is 21.9. The number of anilines is 1. The minimum absolute atomic E-state index is 0.0555. The Morgan fingerprint density at radius 3 is 2.54 bits per heavy atom. The van der Waals surface area contributed by atoms with Crippen LogP contribution in [0.25, 0.3) is 0 Å². The average Bonchev–Trinajstić information content (AvgIpc) is 2.68. The number of esters is 1. The van der Waals surface area contributed by atoms with Gasteiger partial charge in [-0.05, 0) is 31.0 Å². The number of phenols is 1. The number of phenolic OH excluding ortho intramolecular Hbond substituents is 1. The first-order chi connectivity index (χ1) is 13.4. The number of aromatic hydroxyl groups is 1. The number of nitrogens with one attached hydrogen (secondary N) is 1. The summed E-state index contributed by atoms with van der Waals surface area (Å²) in [5.74, 6) is -2.16. The minimum Gasteiger partial charge on any atom is -0.504 e. The SMILES string of the molecule is CCC(C)OC(=O)C(=CNc1ccc(O)c(OCc2ccccc2)c1)C(=O)O. The molecule has 0 amide bonds. The smallest absolute Gasteiger partial charge is 0.347 e. The molecule has 1 atom stereocenters. The summed E-state index contributed by atoms with van der Waals surface area (Å²) in [6.45, 7) is 3.77. The van der Waals surface area contributed by atoms with Crippen LogP contribution in [-0.4, -0.2) is 28.3 Å². The molecule has 3 N–H and O–H groups in total. The highest BCUT2D eigenvalue weighted by Crippen LogP contribution is 2.30. The van der Waals surface area contributed by atoms with Crippen molar-refractivity contribution in [3.8, 4) is 11.5 Å². The molecule has 2 rings (SSSR count). The molecule has 2 aromatic rings. The van der Waals surface area contributed by atoms with Crippen LogP contribution in [0, 0.1) is 0 Å². The van der Waals surface area contributed by atoms with E-state index in [4.69, 9.17) is 9.47 Å². The highest BCUT2D eigenvalue weighted by Gasteiger charge is 2.20. The molecule has 28 heavy (non-hydrogen) atoms. The molecule has 0 aromatic heterocycles. The summed E-state index contributed by atoms with van der Waals surface area (Å²) < 4.78 is 10.7. The van der Waals surface area contributed by atoms with E-state index < -0.39 is 17.5 Å². The normalized spacial score (nSPS) is 12.1. The van der Waals surface area contributed by atoms with E-state index in [2.05, 4.69) is 5.32 Å². The number of benzene rings is 2. The molecule has 0 fully saturated rings. The largest absolute Gasteiger partial charge is 0.504 e. The molecule has 7 nitrogen and oxygen atoms in total. The van der Waals surface area contributed by atoms with Gasteiger partial charge < -0.3 is 25.0 Å². The Kier molecular flexibility index (Phi) is 7.45. The molecule has 0 heterocycles. The van der Waals surface area contributed by atoms with Crippen LogP contribution >= 0.6 is 0 Å². The van der Waals surface area contributed by atoms with E-state index >= 15 is 0 Å². The number of carbonyl (C=O) groups is 2. The lowest BCUT2D eigenvalue weighted by atomic mass is 10.2. The van der Waals surface area contributed by atoms with E-state index in [0.717, 1.165) is 11.8 Å². The van der Waals surface area contributed by atoms with Gasteiger partial charge in [-0.25, -0.2) is 9.59 Å². The number of hydrogen-bond acceptors (Lipinski definition) is 6. The predicted octanol–water partition coefficient (Wildman–Crippen LogP) is 3.69. The fourth-order valence-corrected chi connectivity index (χ4v) is 2.15. The van der Waals surface area contributed by atoms with Crippen LogP contribution < -0.4 is 10.1 Å². The van der Waals surface area contributed by atoms with Gasteiger partial charge in [0.25, 0.3) is 0 Å². The van der Waals surface area contributed by atoms with Gasteiger partial charge in [-0.3, -0.25) is 0 Å².